The third kappa shape index (κ3) is 8.17. The number of carbonyl (C=O) groups is 3. The molecular formula is C25H38F3N5O3. The van der Waals surface area contributed by atoms with Crippen molar-refractivity contribution >= 4 is 28.6 Å². The summed E-state index contributed by atoms with van der Waals surface area (Å²) in [5.74, 6) is -2.82. The maximum Gasteiger partial charge on any atom is 0.471 e. The van der Waals surface area contributed by atoms with Crippen molar-refractivity contribution in [1.29, 1.82) is 0 Å². The summed E-state index contributed by atoms with van der Waals surface area (Å²) in [4.78, 5) is 46.5. The first-order valence-electron chi connectivity index (χ1n) is 12.1. The molecule has 8 nitrogen and oxygen atoms in total. The molecule has 1 fully saturated rings. The third-order valence-electron chi connectivity index (χ3n) is 5.57. The van der Waals surface area contributed by atoms with Gasteiger partial charge in [-0.15, -0.1) is 0 Å². The highest BCUT2D eigenvalue weighted by atomic mass is 19.4. The second kappa shape index (κ2) is 13.2. The summed E-state index contributed by atoms with van der Waals surface area (Å²) in [6.45, 7) is 8.18. The number of nitrogens with zero attached hydrogens (tertiary/aromatic N) is 3. The van der Waals surface area contributed by atoms with Gasteiger partial charge < -0.3 is 15.5 Å². The Labute approximate surface area is 212 Å². The van der Waals surface area contributed by atoms with E-state index in [-0.39, 0.29) is 21.2 Å². The number of fused-ring (bicyclic) bond motifs is 1. The smallest absolute Gasteiger partial charge is 0.350 e. The van der Waals surface area contributed by atoms with E-state index in [1.165, 1.54) is 12.6 Å². The number of hydrogen-bond acceptors (Lipinski definition) is 5. The average Bonchev–Trinajstić information content (AvgIpc) is 2.82. The quantitative estimate of drug-likeness (QED) is 0.602. The number of pyridine rings is 2. The van der Waals surface area contributed by atoms with Crippen LogP contribution in [0, 0.1) is 11.8 Å². The molecule has 1 aliphatic heterocycles. The van der Waals surface area contributed by atoms with Gasteiger partial charge in [0.15, 0.2) is 0 Å². The van der Waals surface area contributed by atoms with Gasteiger partial charge in [0.2, 0.25) is 5.91 Å². The van der Waals surface area contributed by atoms with Gasteiger partial charge in [-0.25, -0.2) is 0 Å². The summed E-state index contributed by atoms with van der Waals surface area (Å²) in [5.41, 5.74) is 0.871. The van der Waals surface area contributed by atoms with E-state index in [9.17, 15) is 27.6 Å². The van der Waals surface area contributed by atoms with Crippen molar-refractivity contribution in [1.82, 2.24) is 25.5 Å². The maximum atomic E-state index is 13.3. The molecule has 2 N–H and O–H groups in total. The Morgan fingerprint density at radius 2 is 1.92 bits per heavy atom. The fourth-order valence-corrected chi connectivity index (χ4v) is 4.08. The zero-order valence-corrected chi connectivity index (χ0v) is 21.1. The highest BCUT2D eigenvalue weighted by Crippen LogP contribution is 2.27. The molecule has 11 heteroatoms. The van der Waals surface area contributed by atoms with E-state index in [2.05, 4.69) is 29.1 Å². The van der Waals surface area contributed by atoms with Crippen molar-refractivity contribution in [3.8, 4) is 0 Å². The molecule has 0 bridgehead atoms. The number of alkyl halides is 3. The molecule has 3 rings (SSSR count). The number of amides is 3. The Morgan fingerprint density at radius 1 is 1.22 bits per heavy atom. The molecule has 1 aliphatic rings. The third-order valence-corrected chi connectivity index (χ3v) is 5.57. The van der Waals surface area contributed by atoms with Crippen molar-refractivity contribution in [2.75, 3.05) is 19.6 Å². The zero-order chi connectivity index (χ0) is 26.9. The average molecular weight is 514 g/mol. The Bertz CT molecular complexity index is 1050. The fourth-order valence-electron chi connectivity index (χ4n) is 4.08. The summed E-state index contributed by atoms with van der Waals surface area (Å²) in [6.07, 6.45) is 2.25. The molecule has 0 aliphatic carbocycles. The minimum absolute atomic E-state index is 0. The monoisotopic (exact) mass is 513 g/mol. The Morgan fingerprint density at radius 3 is 2.56 bits per heavy atom. The highest BCUT2D eigenvalue weighted by Gasteiger charge is 2.39. The van der Waals surface area contributed by atoms with Crippen molar-refractivity contribution < 1.29 is 30.4 Å². The van der Waals surface area contributed by atoms with E-state index >= 15 is 0 Å². The molecule has 3 amide bonds. The summed E-state index contributed by atoms with van der Waals surface area (Å²) >= 11 is 0. The molecule has 2 aromatic rings. The lowest BCUT2D eigenvalue weighted by Gasteiger charge is -2.39. The van der Waals surface area contributed by atoms with E-state index in [1.807, 2.05) is 13.8 Å². The molecule has 2 atom stereocenters. The topological polar surface area (TPSA) is 104 Å². The molecule has 36 heavy (non-hydrogen) atoms. The molecule has 0 radical (unpaired) electrons. The van der Waals surface area contributed by atoms with Gasteiger partial charge in [-0.1, -0.05) is 34.1 Å². The van der Waals surface area contributed by atoms with Crippen LogP contribution in [0.25, 0.3) is 10.9 Å². The van der Waals surface area contributed by atoms with Crippen LogP contribution in [0.2, 0.25) is 0 Å². The molecule has 2 aromatic heterocycles. The Kier molecular flexibility index (Phi) is 10.6. The number of carbonyl (C=O) groups excluding carboxylic acids is 3. The first-order chi connectivity index (χ1) is 17.0. The SMILES string of the molecule is CC(C)C[C@@H]1CCN(C(=O)c2cncc3cccnc23)C[C@H]1NC(=O)CNC(=O)C(F)(F)F.CCC.[HH].[HH]. The maximum absolute atomic E-state index is 13.3. The van der Waals surface area contributed by atoms with E-state index in [4.69, 9.17) is 0 Å². The van der Waals surface area contributed by atoms with Crippen molar-refractivity contribution in [2.24, 2.45) is 11.8 Å². The van der Waals surface area contributed by atoms with Crippen LogP contribution in [0.15, 0.2) is 30.7 Å². The predicted molar refractivity (Wildman–Crippen MR) is 134 cm³/mol. The van der Waals surface area contributed by atoms with Gasteiger partial charge in [-0.05, 0) is 36.8 Å². The molecule has 202 valence electrons. The van der Waals surface area contributed by atoms with Gasteiger partial charge in [0, 0.05) is 46.0 Å². The molecule has 0 aromatic carbocycles. The molecule has 1 saturated heterocycles. The summed E-state index contributed by atoms with van der Waals surface area (Å²) in [7, 11) is 0. The number of hydrogen-bond donors (Lipinski definition) is 2. The van der Waals surface area contributed by atoms with Crippen molar-refractivity contribution in [3.05, 3.63) is 36.3 Å². The van der Waals surface area contributed by atoms with E-state index in [0.29, 0.717) is 30.0 Å². The van der Waals surface area contributed by atoms with Gasteiger partial charge in [-0.2, -0.15) is 13.2 Å². The lowest BCUT2D eigenvalue weighted by Crippen LogP contribution is -2.56. The van der Waals surface area contributed by atoms with Crippen LogP contribution in [-0.4, -0.2) is 64.4 Å². The Balaban J connectivity index is 0.00000261. The summed E-state index contributed by atoms with van der Waals surface area (Å²) in [5, 5.41) is 5.01. The van der Waals surface area contributed by atoms with Gasteiger partial charge in [0.05, 0.1) is 17.6 Å². The van der Waals surface area contributed by atoms with Crippen LogP contribution in [-0.2, 0) is 9.59 Å². The van der Waals surface area contributed by atoms with Crippen LogP contribution in [0.4, 0.5) is 13.2 Å². The van der Waals surface area contributed by atoms with Gasteiger partial charge in [0.25, 0.3) is 5.91 Å². The summed E-state index contributed by atoms with van der Waals surface area (Å²) in [6, 6.07) is 3.09. The highest BCUT2D eigenvalue weighted by molar-refractivity contribution is 6.05. The second-order valence-corrected chi connectivity index (χ2v) is 9.25. The Hall–Kier alpha value is -3.24. The van der Waals surface area contributed by atoms with Gasteiger partial charge >= 0.3 is 12.1 Å². The number of likely N-dealkylation sites (tertiary alicyclic amines) is 1. The number of halogens is 3. The van der Waals surface area contributed by atoms with Gasteiger partial charge in [-0.3, -0.25) is 24.4 Å². The normalized spacial score (nSPS) is 17.8. The minimum atomic E-state index is -5.06. The number of nitrogens with one attached hydrogen (secondary N) is 2. The van der Waals surface area contributed by atoms with E-state index < -0.39 is 30.6 Å². The van der Waals surface area contributed by atoms with Gasteiger partial charge in [0.1, 0.15) is 0 Å². The lowest BCUT2D eigenvalue weighted by molar-refractivity contribution is -0.173. The summed E-state index contributed by atoms with van der Waals surface area (Å²) < 4.78 is 37.1. The number of piperidine rings is 1. The van der Waals surface area contributed by atoms with E-state index in [0.717, 1.165) is 11.8 Å². The van der Waals surface area contributed by atoms with Crippen molar-refractivity contribution in [2.45, 2.75) is 59.2 Å². The van der Waals surface area contributed by atoms with Crippen LogP contribution >= 0.6 is 0 Å². The van der Waals surface area contributed by atoms with Crippen molar-refractivity contribution in [3.63, 3.8) is 0 Å². The number of rotatable bonds is 6. The molecule has 0 spiro atoms. The largest absolute Gasteiger partial charge is 0.471 e. The zero-order valence-electron chi connectivity index (χ0n) is 21.1. The second-order valence-electron chi connectivity index (χ2n) is 9.25. The molecule has 0 unspecified atom stereocenters. The lowest BCUT2D eigenvalue weighted by atomic mass is 9.84. The van der Waals surface area contributed by atoms with Crippen LogP contribution in [0.5, 0.6) is 0 Å². The molecule has 3 heterocycles. The first-order valence-corrected chi connectivity index (χ1v) is 12.1. The predicted octanol–water partition coefficient (Wildman–Crippen LogP) is 4.21. The van der Waals surface area contributed by atoms with E-state index in [1.54, 1.807) is 34.7 Å². The fraction of sp³-hybridized carbons (Fsp3) is 0.560. The van der Waals surface area contributed by atoms with Crippen LogP contribution in [0.3, 0.4) is 0 Å². The number of aromatic nitrogens is 2. The van der Waals surface area contributed by atoms with Crippen LogP contribution in [0.1, 0.15) is 60.2 Å². The first kappa shape index (κ1) is 29.0. The molecular weight excluding hydrogens is 475 g/mol. The van der Waals surface area contributed by atoms with Crippen LogP contribution < -0.4 is 10.6 Å². The molecule has 0 saturated carbocycles. The minimum Gasteiger partial charge on any atom is -0.350 e. The standard InChI is InChI=1S/C22H26F3N5O3.C3H8.2H2/c1-13(2)8-14-5-7-30(12-17(14)29-18(31)11-28-21(33)22(23,24)25)20(32)16-10-26-9-15-4-3-6-27-19(15)16;1-3-2;;/h3-4,6,9-10,13-14,17H,5,7-8,11-12H2,1-2H3,(H,28,33)(H,29,31);3H2,1-2H3;2*1H/t14-,17+;;;/m0.../s1.